The van der Waals surface area contributed by atoms with Crippen LogP contribution in [0.15, 0.2) is 30.3 Å². The second kappa shape index (κ2) is 5.18. The van der Waals surface area contributed by atoms with Crippen molar-refractivity contribution < 1.29 is 14.4 Å². The molecule has 0 bridgehead atoms. The summed E-state index contributed by atoms with van der Waals surface area (Å²) in [4.78, 5) is 30.3. The first-order chi connectivity index (χ1) is 8.65. The van der Waals surface area contributed by atoms with Crippen molar-refractivity contribution in [2.75, 3.05) is 13.2 Å². The van der Waals surface area contributed by atoms with Crippen molar-refractivity contribution in [2.24, 2.45) is 0 Å². The minimum Gasteiger partial charge on any atom is -0.314 e. The van der Waals surface area contributed by atoms with Gasteiger partial charge in [-0.25, -0.2) is 0 Å². The van der Waals surface area contributed by atoms with Gasteiger partial charge in [0, 0.05) is 13.5 Å². The van der Waals surface area contributed by atoms with Gasteiger partial charge in [-0.05, 0) is 12.5 Å². The van der Waals surface area contributed by atoms with Gasteiger partial charge < -0.3 is 4.90 Å². The zero-order valence-electron chi connectivity index (χ0n) is 10.5. The molecule has 5 nitrogen and oxygen atoms in total. The van der Waals surface area contributed by atoms with Crippen LogP contribution in [-0.4, -0.2) is 34.9 Å². The van der Waals surface area contributed by atoms with E-state index in [1.54, 1.807) is 4.90 Å². The van der Waals surface area contributed by atoms with E-state index in [9.17, 15) is 9.59 Å². The van der Waals surface area contributed by atoms with Crippen LogP contribution < -0.4 is 0 Å². The van der Waals surface area contributed by atoms with E-state index in [1.807, 2.05) is 37.3 Å². The van der Waals surface area contributed by atoms with Crippen LogP contribution in [0.4, 0.5) is 0 Å². The van der Waals surface area contributed by atoms with E-state index in [2.05, 4.69) is 0 Å². The van der Waals surface area contributed by atoms with Crippen LogP contribution in [0.2, 0.25) is 0 Å². The lowest BCUT2D eigenvalue weighted by atomic mass is 10.1. The Balaban J connectivity index is 2.40. The van der Waals surface area contributed by atoms with Crippen LogP contribution in [0.1, 0.15) is 25.6 Å². The van der Waals surface area contributed by atoms with E-state index < -0.39 is 6.17 Å². The minimum atomic E-state index is -0.477. The highest BCUT2D eigenvalue weighted by Gasteiger charge is 2.36. The standard InChI is InChI=1S/C13H16N2O3/c1-3-14-12(17)9-18-15(10(2)16)13(14)11-7-5-4-6-8-11/h4-8,13H,3,9H2,1-2H3. The lowest BCUT2D eigenvalue weighted by Gasteiger charge is -2.41. The van der Waals surface area contributed by atoms with Crippen LogP contribution >= 0.6 is 0 Å². The molecule has 2 amide bonds. The summed E-state index contributed by atoms with van der Waals surface area (Å²) in [5.41, 5.74) is 0.864. The fraction of sp³-hybridized carbons (Fsp3) is 0.385. The molecule has 0 saturated carbocycles. The molecule has 18 heavy (non-hydrogen) atoms. The second-order valence-electron chi connectivity index (χ2n) is 4.08. The smallest absolute Gasteiger partial charge is 0.253 e. The molecule has 0 aromatic heterocycles. The van der Waals surface area contributed by atoms with Crippen LogP contribution in [0.5, 0.6) is 0 Å². The van der Waals surface area contributed by atoms with Crippen molar-refractivity contribution >= 4 is 11.8 Å². The summed E-state index contributed by atoms with van der Waals surface area (Å²) < 4.78 is 0. The quantitative estimate of drug-likeness (QED) is 0.793. The lowest BCUT2D eigenvalue weighted by Crippen LogP contribution is -2.53. The third-order valence-corrected chi connectivity index (χ3v) is 2.91. The molecule has 1 aliphatic rings. The summed E-state index contributed by atoms with van der Waals surface area (Å²) in [6, 6.07) is 9.40. The van der Waals surface area contributed by atoms with Gasteiger partial charge in [-0.3, -0.25) is 14.4 Å². The van der Waals surface area contributed by atoms with Gasteiger partial charge >= 0.3 is 0 Å². The maximum absolute atomic E-state index is 11.8. The molecule has 0 radical (unpaired) electrons. The first-order valence-electron chi connectivity index (χ1n) is 5.92. The van der Waals surface area contributed by atoms with Crippen LogP contribution in [0.3, 0.4) is 0 Å². The molecule has 1 aromatic carbocycles. The van der Waals surface area contributed by atoms with Gasteiger partial charge in [-0.2, -0.15) is 5.06 Å². The number of amides is 2. The largest absolute Gasteiger partial charge is 0.314 e. The summed E-state index contributed by atoms with van der Waals surface area (Å²) in [6.45, 7) is 3.76. The van der Waals surface area contributed by atoms with E-state index in [1.165, 1.54) is 12.0 Å². The molecule has 0 aliphatic carbocycles. The fourth-order valence-corrected chi connectivity index (χ4v) is 2.09. The number of carbonyl (C=O) groups is 2. The molecular weight excluding hydrogens is 232 g/mol. The van der Waals surface area contributed by atoms with Crippen molar-refractivity contribution in [1.29, 1.82) is 0 Å². The molecule has 1 aliphatic heterocycles. The third kappa shape index (κ3) is 2.22. The van der Waals surface area contributed by atoms with Gasteiger partial charge in [0.2, 0.25) is 5.91 Å². The normalized spacial score (nSPS) is 20.1. The zero-order chi connectivity index (χ0) is 13.1. The Kier molecular flexibility index (Phi) is 3.62. The Labute approximate surface area is 106 Å². The van der Waals surface area contributed by atoms with Gasteiger partial charge in [0.15, 0.2) is 12.8 Å². The molecule has 1 unspecified atom stereocenters. The van der Waals surface area contributed by atoms with Crippen molar-refractivity contribution in [3.8, 4) is 0 Å². The van der Waals surface area contributed by atoms with Crippen molar-refractivity contribution in [3.05, 3.63) is 35.9 Å². The first-order valence-corrected chi connectivity index (χ1v) is 5.92. The predicted molar refractivity (Wildman–Crippen MR) is 65.0 cm³/mol. The number of carbonyl (C=O) groups excluding carboxylic acids is 2. The van der Waals surface area contributed by atoms with Crippen LogP contribution in [0, 0.1) is 0 Å². The molecule has 0 N–H and O–H groups in total. The predicted octanol–water partition coefficient (Wildman–Crippen LogP) is 1.33. The number of hydrogen-bond donors (Lipinski definition) is 0. The Morgan fingerprint density at radius 2 is 2.06 bits per heavy atom. The monoisotopic (exact) mass is 248 g/mol. The molecule has 1 aromatic rings. The molecular formula is C13H16N2O3. The average molecular weight is 248 g/mol. The maximum Gasteiger partial charge on any atom is 0.253 e. The SMILES string of the molecule is CCN1C(=O)CON(C(C)=O)C1c1ccccc1. The minimum absolute atomic E-state index is 0.0866. The van der Waals surface area contributed by atoms with E-state index in [0.29, 0.717) is 6.54 Å². The topological polar surface area (TPSA) is 49.9 Å². The number of benzene rings is 1. The van der Waals surface area contributed by atoms with Gasteiger partial charge in [0.25, 0.3) is 5.91 Å². The van der Waals surface area contributed by atoms with Crippen molar-refractivity contribution in [2.45, 2.75) is 20.0 Å². The van der Waals surface area contributed by atoms with Gasteiger partial charge in [0.05, 0.1) is 0 Å². The second-order valence-corrected chi connectivity index (χ2v) is 4.08. The molecule has 1 atom stereocenters. The van der Waals surface area contributed by atoms with Gasteiger partial charge in [-0.15, -0.1) is 0 Å². The van der Waals surface area contributed by atoms with E-state index >= 15 is 0 Å². The molecule has 0 spiro atoms. The highest BCUT2D eigenvalue weighted by molar-refractivity contribution is 5.81. The molecule has 1 saturated heterocycles. The number of nitrogens with zero attached hydrogens (tertiary/aromatic N) is 2. The van der Waals surface area contributed by atoms with E-state index in [4.69, 9.17) is 4.84 Å². The number of hydroxylamine groups is 2. The van der Waals surface area contributed by atoms with Crippen LogP contribution in [-0.2, 0) is 14.4 Å². The molecule has 1 heterocycles. The summed E-state index contributed by atoms with van der Waals surface area (Å²) in [6.07, 6.45) is -0.477. The molecule has 2 rings (SSSR count). The summed E-state index contributed by atoms with van der Waals surface area (Å²) >= 11 is 0. The molecule has 5 heteroatoms. The van der Waals surface area contributed by atoms with Crippen molar-refractivity contribution in [3.63, 3.8) is 0 Å². The Morgan fingerprint density at radius 3 is 2.61 bits per heavy atom. The highest BCUT2D eigenvalue weighted by atomic mass is 16.7. The number of hydrogen-bond acceptors (Lipinski definition) is 3. The third-order valence-electron chi connectivity index (χ3n) is 2.91. The molecule has 1 fully saturated rings. The Bertz CT molecular complexity index is 445. The van der Waals surface area contributed by atoms with E-state index in [0.717, 1.165) is 5.56 Å². The molecule has 96 valence electrons. The van der Waals surface area contributed by atoms with E-state index in [-0.39, 0.29) is 18.4 Å². The number of likely N-dealkylation sites (N-methyl/N-ethyl adjacent to an activating group) is 1. The van der Waals surface area contributed by atoms with Crippen LogP contribution in [0.25, 0.3) is 0 Å². The average Bonchev–Trinajstić information content (AvgIpc) is 2.39. The maximum atomic E-state index is 11.8. The fourth-order valence-electron chi connectivity index (χ4n) is 2.09. The first kappa shape index (κ1) is 12.6. The summed E-state index contributed by atoms with van der Waals surface area (Å²) in [5, 5.41) is 1.26. The van der Waals surface area contributed by atoms with Crippen molar-refractivity contribution in [1.82, 2.24) is 9.96 Å². The highest BCUT2D eigenvalue weighted by Crippen LogP contribution is 2.28. The summed E-state index contributed by atoms with van der Waals surface area (Å²) in [7, 11) is 0. The van der Waals surface area contributed by atoms with Gasteiger partial charge in [0.1, 0.15) is 0 Å². The van der Waals surface area contributed by atoms with Gasteiger partial charge in [-0.1, -0.05) is 30.3 Å². The Morgan fingerprint density at radius 1 is 1.39 bits per heavy atom. The number of rotatable bonds is 2. The lowest BCUT2D eigenvalue weighted by molar-refractivity contribution is -0.242. The summed E-state index contributed by atoms with van der Waals surface area (Å²) in [5.74, 6) is -0.321. The Hall–Kier alpha value is -1.88. The zero-order valence-corrected chi connectivity index (χ0v) is 10.5.